The van der Waals surface area contributed by atoms with Gasteiger partial charge in [0.2, 0.25) is 0 Å². The Bertz CT molecular complexity index is 647. The molecule has 0 spiro atoms. The van der Waals surface area contributed by atoms with Crippen molar-refractivity contribution in [1.82, 2.24) is 20.4 Å². The lowest BCUT2D eigenvalue weighted by molar-refractivity contribution is 0.152. The van der Waals surface area contributed by atoms with E-state index in [1.807, 2.05) is 0 Å². The van der Waals surface area contributed by atoms with E-state index in [-0.39, 0.29) is 6.04 Å². The summed E-state index contributed by atoms with van der Waals surface area (Å²) in [5, 5.41) is 7.01. The fraction of sp³-hybridized carbons (Fsp3) is 0.708. The SMILES string of the molecule is CCNC(=NCCCCN1CCN(C)CC1)NC(C)c1cccc(N2CCCC2)c1. The van der Waals surface area contributed by atoms with Gasteiger partial charge in [0.05, 0.1) is 6.04 Å². The van der Waals surface area contributed by atoms with Gasteiger partial charge in [-0.05, 0) is 70.8 Å². The van der Waals surface area contributed by atoms with Crippen LogP contribution in [0.5, 0.6) is 0 Å². The zero-order valence-corrected chi connectivity index (χ0v) is 19.4. The van der Waals surface area contributed by atoms with E-state index in [1.165, 1.54) is 76.3 Å². The summed E-state index contributed by atoms with van der Waals surface area (Å²) in [6, 6.07) is 9.21. The number of anilines is 1. The molecule has 0 radical (unpaired) electrons. The average Bonchev–Trinajstić information content (AvgIpc) is 3.30. The molecule has 2 heterocycles. The van der Waals surface area contributed by atoms with Crippen molar-refractivity contribution in [1.29, 1.82) is 0 Å². The predicted molar refractivity (Wildman–Crippen MR) is 129 cm³/mol. The summed E-state index contributed by atoms with van der Waals surface area (Å²) >= 11 is 0. The number of hydrogen-bond acceptors (Lipinski definition) is 4. The Hall–Kier alpha value is -1.79. The van der Waals surface area contributed by atoms with Gasteiger partial charge < -0.3 is 25.3 Å². The maximum Gasteiger partial charge on any atom is 0.191 e. The number of nitrogens with one attached hydrogen (secondary N) is 2. The first kappa shape index (κ1) is 22.9. The van der Waals surface area contributed by atoms with Crippen LogP contribution in [0, 0.1) is 0 Å². The summed E-state index contributed by atoms with van der Waals surface area (Å²) in [5.74, 6) is 0.927. The number of rotatable bonds is 9. The Kier molecular flexibility index (Phi) is 9.27. The van der Waals surface area contributed by atoms with Gasteiger partial charge in [-0.2, -0.15) is 0 Å². The van der Waals surface area contributed by atoms with Gasteiger partial charge in [-0.15, -0.1) is 0 Å². The zero-order chi connectivity index (χ0) is 21.2. The first-order valence-electron chi connectivity index (χ1n) is 12.0. The van der Waals surface area contributed by atoms with Crippen molar-refractivity contribution in [3.05, 3.63) is 29.8 Å². The molecular weight excluding hydrogens is 372 g/mol. The number of guanidine groups is 1. The average molecular weight is 415 g/mol. The van der Waals surface area contributed by atoms with E-state index in [9.17, 15) is 0 Å². The van der Waals surface area contributed by atoms with Crippen LogP contribution in [0.25, 0.3) is 0 Å². The van der Waals surface area contributed by atoms with Crippen molar-refractivity contribution in [3.8, 4) is 0 Å². The molecule has 1 unspecified atom stereocenters. The Morgan fingerprint density at radius 2 is 1.83 bits per heavy atom. The van der Waals surface area contributed by atoms with E-state index >= 15 is 0 Å². The van der Waals surface area contributed by atoms with Crippen LogP contribution in [0.3, 0.4) is 0 Å². The minimum Gasteiger partial charge on any atom is -0.372 e. The van der Waals surface area contributed by atoms with Crippen molar-refractivity contribution in [2.75, 3.05) is 70.9 Å². The van der Waals surface area contributed by atoms with Crippen molar-refractivity contribution < 1.29 is 0 Å². The third kappa shape index (κ3) is 7.17. The lowest BCUT2D eigenvalue weighted by Crippen LogP contribution is -2.44. The van der Waals surface area contributed by atoms with E-state index in [4.69, 9.17) is 4.99 Å². The quantitative estimate of drug-likeness (QED) is 0.370. The fourth-order valence-corrected chi connectivity index (χ4v) is 4.28. The first-order valence-corrected chi connectivity index (χ1v) is 12.0. The number of unbranched alkanes of at least 4 members (excludes halogenated alkanes) is 1. The number of likely N-dealkylation sites (N-methyl/N-ethyl adjacent to an activating group) is 1. The summed E-state index contributed by atoms with van der Waals surface area (Å²) in [7, 11) is 2.21. The molecule has 2 N–H and O–H groups in total. The standard InChI is InChI=1S/C24H42N6/c1-4-25-24(26-12-5-6-13-29-18-16-28(3)17-19-29)27-21(2)22-10-9-11-23(20-22)30-14-7-8-15-30/h9-11,20-21H,4-8,12-19H2,1-3H3,(H2,25,26,27). The smallest absolute Gasteiger partial charge is 0.191 e. The zero-order valence-electron chi connectivity index (χ0n) is 19.4. The van der Waals surface area contributed by atoms with Gasteiger partial charge in [0, 0.05) is 58.0 Å². The molecular formula is C24H42N6. The van der Waals surface area contributed by atoms with Crippen LogP contribution in [0.15, 0.2) is 29.3 Å². The van der Waals surface area contributed by atoms with Gasteiger partial charge in [-0.3, -0.25) is 4.99 Å². The van der Waals surface area contributed by atoms with Crippen molar-refractivity contribution in [2.45, 2.75) is 45.6 Å². The third-order valence-corrected chi connectivity index (χ3v) is 6.29. The number of piperazine rings is 1. The largest absolute Gasteiger partial charge is 0.372 e. The molecule has 6 nitrogen and oxygen atoms in total. The lowest BCUT2D eigenvalue weighted by Gasteiger charge is -2.32. The van der Waals surface area contributed by atoms with E-state index < -0.39 is 0 Å². The number of nitrogens with zero attached hydrogens (tertiary/aromatic N) is 4. The number of benzene rings is 1. The van der Waals surface area contributed by atoms with Crippen LogP contribution in [0.4, 0.5) is 5.69 Å². The maximum atomic E-state index is 4.83. The van der Waals surface area contributed by atoms with Crippen molar-refractivity contribution in [3.63, 3.8) is 0 Å². The summed E-state index contributed by atoms with van der Waals surface area (Å²) in [5.41, 5.74) is 2.67. The van der Waals surface area contributed by atoms with Gasteiger partial charge in [0.1, 0.15) is 0 Å². The molecule has 0 aliphatic carbocycles. The Labute approximate surface area is 183 Å². The molecule has 1 atom stereocenters. The molecule has 30 heavy (non-hydrogen) atoms. The molecule has 0 bridgehead atoms. The minimum atomic E-state index is 0.232. The van der Waals surface area contributed by atoms with Crippen molar-refractivity contribution in [2.24, 2.45) is 4.99 Å². The van der Waals surface area contributed by atoms with E-state index in [0.717, 1.165) is 25.5 Å². The van der Waals surface area contributed by atoms with E-state index in [2.05, 4.69) is 70.5 Å². The second-order valence-corrected chi connectivity index (χ2v) is 8.77. The lowest BCUT2D eigenvalue weighted by atomic mass is 10.1. The summed E-state index contributed by atoms with van der Waals surface area (Å²) in [6.07, 6.45) is 4.98. The predicted octanol–water partition coefficient (Wildman–Crippen LogP) is 2.93. The van der Waals surface area contributed by atoms with Gasteiger partial charge in [0.25, 0.3) is 0 Å². The number of hydrogen-bond donors (Lipinski definition) is 2. The highest BCUT2D eigenvalue weighted by atomic mass is 15.2. The third-order valence-electron chi connectivity index (χ3n) is 6.29. The van der Waals surface area contributed by atoms with Crippen LogP contribution in [-0.2, 0) is 0 Å². The molecule has 3 rings (SSSR count). The highest BCUT2D eigenvalue weighted by Crippen LogP contribution is 2.23. The Morgan fingerprint density at radius 3 is 2.57 bits per heavy atom. The molecule has 0 aromatic heterocycles. The molecule has 2 aliphatic heterocycles. The van der Waals surface area contributed by atoms with Gasteiger partial charge in [0.15, 0.2) is 5.96 Å². The summed E-state index contributed by atoms with van der Waals surface area (Å²) in [6.45, 7) is 14.5. The minimum absolute atomic E-state index is 0.232. The molecule has 6 heteroatoms. The normalized spacial score (nSPS) is 19.8. The van der Waals surface area contributed by atoms with Crippen LogP contribution in [-0.4, -0.2) is 81.7 Å². The molecule has 0 saturated carbocycles. The van der Waals surface area contributed by atoms with Gasteiger partial charge in [-0.25, -0.2) is 0 Å². The van der Waals surface area contributed by atoms with E-state index in [1.54, 1.807) is 0 Å². The molecule has 2 saturated heterocycles. The summed E-state index contributed by atoms with van der Waals surface area (Å²) < 4.78 is 0. The first-order chi connectivity index (χ1) is 14.7. The molecule has 2 fully saturated rings. The van der Waals surface area contributed by atoms with Gasteiger partial charge in [-0.1, -0.05) is 12.1 Å². The molecule has 1 aromatic carbocycles. The fourth-order valence-electron chi connectivity index (χ4n) is 4.28. The molecule has 168 valence electrons. The number of aliphatic imine (C=N–C) groups is 1. The van der Waals surface area contributed by atoms with E-state index in [0.29, 0.717) is 0 Å². The Morgan fingerprint density at radius 1 is 1.07 bits per heavy atom. The highest BCUT2D eigenvalue weighted by molar-refractivity contribution is 5.80. The molecule has 2 aliphatic rings. The Balaban J connectivity index is 1.45. The highest BCUT2D eigenvalue weighted by Gasteiger charge is 2.15. The monoisotopic (exact) mass is 414 g/mol. The van der Waals surface area contributed by atoms with Gasteiger partial charge >= 0.3 is 0 Å². The molecule has 1 aromatic rings. The van der Waals surface area contributed by atoms with Crippen LogP contribution in [0.2, 0.25) is 0 Å². The topological polar surface area (TPSA) is 46.1 Å². The second kappa shape index (κ2) is 12.2. The maximum absolute atomic E-state index is 4.83. The second-order valence-electron chi connectivity index (χ2n) is 8.77. The van der Waals surface area contributed by atoms with Crippen LogP contribution < -0.4 is 15.5 Å². The van der Waals surface area contributed by atoms with Crippen LogP contribution >= 0.6 is 0 Å². The molecule has 0 amide bonds. The van der Waals surface area contributed by atoms with Crippen molar-refractivity contribution >= 4 is 11.6 Å². The summed E-state index contributed by atoms with van der Waals surface area (Å²) in [4.78, 5) is 12.3. The van der Waals surface area contributed by atoms with Crippen LogP contribution in [0.1, 0.15) is 51.1 Å².